The first-order valence-corrected chi connectivity index (χ1v) is 13.4. The average molecular weight is 582 g/mol. The lowest BCUT2D eigenvalue weighted by Crippen LogP contribution is -2.70. The van der Waals surface area contributed by atoms with E-state index in [1.807, 2.05) is 26.1 Å². The number of oxime groups is 1. The SMILES string of the molecule is CC[N+](C)(C/C=C/C1=C(c2nn[nH]n2)N2C(=O)[C@@H](NC(=O)/C(=N\OCF)c3nsc(N)n3)[C@H]2SC1)CC(N)=O. The van der Waals surface area contributed by atoms with E-state index < -0.39 is 41.7 Å². The molecule has 1 fully saturated rings. The number of hydrogen-bond acceptors (Lipinski definition) is 13. The van der Waals surface area contributed by atoms with Crippen LogP contribution >= 0.6 is 23.3 Å². The third-order valence-electron chi connectivity index (χ3n) is 6.08. The van der Waals surface area contributed by atoms with Gasteiger partial charge < -0.3 is 26.1 Å². The third-order valence-corrected chi connectivity index (χ3v) is 7.93. The van der Waals surface area contributed by atoms with Crippen LogP contribution in [0.25, 0.3) is 5.70 Å². The maximum atomic E-state index is 13.3. The fourth-order valence-electron chi connectivity index (χ4n) is 3.99. The summed E-state index contributed by atoms with van der Waals surface area (Å²) in [6.07, 6.45) is 3.77. The highest BCUT2D eigenvalue weighted by Crippen LogP contribution is 2.43. The van der Waals surface area contributed by atoms with Crippen molar-refractivity contribution in [1.82, 2.24) is 40.2 Å². The zero-order chi connectivity index (χ0) is 28.2. The van der Waals surface area contributed by atoms with Crippen molar-refractivity contribution in [3.05, 3.63) is 29.4 Å². The summed E-state index contributed by atoms with van der Waals surface area (Å²) < 4.78 is 16.9. The molecular formula is C20H26FN12O4S2+. The Hall–Kier alpha value is -3.97. The van der Waals surface area contributed by atoms with Crippen LogP contribution in [0.3, 0.4) is 0 Å². The Balaban J connectivity index is 1.55. The van der Waals surface area contributed by atoms with Crippen LogP contribution in [0.2, 0.25) is 0 Å². The summed E-state index contributed by atoms with van der Waals surface area (Å²) in [6.45, 7) is 2.09. The molecule has 2 aliphatic heterocycles. The molecule has 0 aliphatic carbocycles. The van der Waals surface area contributed by atoms with Gasteiger partial charge >= 0.3 is 0 Å². The Morgan fingerprint density at radius 3 is 2.85 bits per heavy atom. The second kappa shape index (κ2) is 11.8. The Morgan fingerprint density at radius 2 is 2.23 bits per heavy atom. The van der Waals surface area contributed by atoms with E-state index in [1.165, 1.54) is 16.7 Å². The minimum atomic E-state index is -1.28. The van der Waals surface area contributed by atoms with Crippen molar-refractivity contribution in [2.75, 3.05) is 45.0 Å². The summed E-state index contributed by atoms with van der Waals surface area (Å²) >= 11 is 2.24. The summed E-state index contributed by atoms with van der Waals surface area (Å²) in [5.74, 6) is -1.13. The highest BCUT2D eigenvalue weighted by Gasteiger charge is 2.53. The number of H-pyrrole nitrogens is 1. The number of nitrogens with two attached hydrogens (primary N) is 2. The van der Waals surface area contributed by atoms with Gasteiger partial charge in [-0.2, -0.15) is 14.6 Å². The first-order valence-electron chi connectivity index (χ1n) is 11.5. The van der Waals surface area contributed by atoms with Crippen molar-refractivity contribution in [1.29, 1.82) is 0 Å². The maximum absolute atomic E-state index is 13.3. The summed E-state index contributed by atoms with van der Waals surface area (Å²) in [7, 11) is 1.92. The monoisotopic (exact) mass is 581 g/mol. The molecule has 3 amide bonds. The number of amides is 3. The van der Waals surface area contributed by atoms with Gasteiger partial charge in [0.15, 0.2) is 11.7 Å². The Kier molecular flexibility index (Phi) is 8.51. The lowest BCUT2D eigenvalue weighted by atomic mass is 10.0. The largest absolute Gasteiger partial charge is 0.374 e. The van der Waals surface area contributed by atoms with Crippen molar-refractivity contribution in [2.24, 2.45) is 10.9 Å². The van der Waals surface area contributed by atoms with Crippen LogP contribution in [0.4, 0.5) is 9.52 Å². The number of aromatic amines is 1. The van der Waals surface area contributed by atoms with Gasteiger partial charge in [-0.25, -0.2) is 4.39 Å². The van der Waals surface area contributed by atoms with Crippen LogP contribution in [0.5, 0.6) is 0 Å². The maximum Gasteiger partial charge on any atom is 0.278 e. The van der Waals surface area contributed by atoms with Crippen molar-refractivity contribution in [3.8, 4) is 0 Å². The average Bonchev–Trinajstić information content (AvgIpc) is 3.59. The lowest BCUT2D eigenvalue weighted by molar-refractivity contribution is -0.894. The van der Waals surface area contributed by atoms with Crippen LogP contribution in [0, 0.1) is 0 Å². The number of nitrogen functional groups attached to an aromatic ring is 1. The van der Waals surface area contributed by atoms with Gasteiger partial charge in [-0.1, -0.05) is 11.2 Å². The number of β-lactam (4-membered cyclic amide) rings is 1. The molecule has 0 radical (unpaired) electrons. The van der Waals surface area contributed by atoms with E-state index in [9.17, 15) is 18.8 Å². The van der Waals surface area contributed by atoms with Crippen LogP contribution in [0.1, 0.15) is 18.6 Å². The van der Waals surface area contributed by atoms with Crippen LogP contribution < -0.4 is 16.8 Å². The molecule has 0 spiro atoms. The molecule has 0 bridgehead atoms. The van der Waals surface area contributed by atoms with E-state index >= 15 is 0 Å². The highest BCUT2D eigenvalue weighted by atomic mass is 32.2. The van der Waals surface area contributed by atoms with Crippen LogP contribution in [-0.2, 0) is 19.2 Å². The first-order chi connectivity index (χ1) is 18.7. The number of likely N-dealkylation sites (N-methyl/N-ethyl adjacent to an activating group) is 1. The standard InChI is InChI=1S/C20H25FN12O4S2/c1-3-33(2,7-11(22)34)6-4-5-10-8-38-19-13(18(36)32(19)14(10)16-26-30-31-27-16)24-17(35)12(28-37-9-21)15-25-20(23)39-29-15/h4-5,13,19H,3,6-9H2,1-2H3,(H5-,22,23,24,25,26,27,29,30,31,34,35)/p+1/b5-4+,28-12-/t13-,19-,33?/m1/s1. The zero-order valence-electron chi connectivity index (χ0n) is 20.9. The highest BCUT2D eigenvalue weighted by molar-refractivity contribution is 8.00. The molecule has 1 saturated heterocycles. The van der Waals surface area contributed by atoms with E-state index in [2.05, 4.69) is 45.3 Å². The molecule has 3 atom stereocenters. The fourth-order valence-corrected chi connectivity index (χ4v) is 5.74. The minimum absolute atomic E-state index is 0.0719. The molecule has 2 aliphatic rings. The predicted octanol–water partition coefficient (Wildman–Crippen LogP) is -1.40. The Bertz CT molecular complexity index is 1330. The number of nitrogens with zero attached hydrogens (tertiary/aromatic N) is 8. The van der Waals surface area contributed by atoms with Gasteiger partial charge in [-0.15, -0.1) is 22.0 Å². The summed E-state index contributed by atoms with van der Waals surface area (Å²) in [4.78, 5) is 47.5. The van der Waals surface area contributed by atoms with Crippen LogP contribution in [0.15, 0.2) is 22.9 Å². The number of tetrazole rings is 1. The van der Waals surface area contributed by atoms with Gasteiger partial charge in [0.25, 0.3) is 24.6 Å². The van der Waals surface area contributed by atoms with Crippen LogP contribution in [-0.4, -0.2) is 114 Å². The second-order valence-corrected chi connectivity index (χ2v) is 10.6. The van der Waals surface area contributed by atoms with E-state index in [-0.39, 0.29) is 23.3 Å². The van der Waals surface area contributed by atoms with Crippen molar-refractivity contribution in [2.45, 2.75) is 18.3 Å². The molecule has 208 valence electrons. The number of nitrogens with one attached hydrogen (secondary N) is 2. The number of carbonyl (C=O) groups is 3. The number of allylic oxidation sites excluding steroid dienone is 1. The van der Waals surface area contributed by atoms with E-state index in [0.717, 1.165) is 17.1 Å². The number of halogens is 1. The molecule has 0 saturated carbocycles. The molecule has 0 aromatic carbocycles. The van der Waals surface area contributed by atoms with Gasteiger partial charge in [0.2, 0.25) is 17.4 Å². The number of fused-ring (bicyclic) bond motifs is 1. The molecule has 16 nitrogen and oxygen atoms in total. The Morgan fingerprint density at radius 1 is 1.44 bits per heavy atom. The molecule has 4 heterocycles. The number of carbonyl (C=O) groups excluding carboxylic acids is 3. The zero-order valence-corrected chi connectivity index (χ0v) is 22.5. The summed E-state index contributed by atoms with van der Waals surface area (Å²) in [5, 5.41) is 19.7. The number of primary amides is 1. The predicted molar refractivity (Wildman–Crippen MR) is 139 cm³/mol. The second-order valence-electron chi connectivity index (χ2n) is 8.75. The van der Waals surface area contributed by atoms with Gasteiger partial charge in [-0.3, -0.25) is 19.3 Å². The van der Waals surface area contributed by atoms with E-state index in [1.54, 1.807) is 0 Å². The fraction of sp³-hybridized carbons (Fsp3) is 0.450. The van der Waals surface area contributed by atoms with Gasteiger partial charge in [0.1, 0.15) is 11.4 Å². The summed E-state index contributed by atoms with van der Waals surface area (Å²) in [6, 6.07) is -0.933. The quantitative estimate of drug-likeness (QED) is 0.0988. The van der Waals surface area contributed by atoms with E-state index in [0.29, 0.717) is 29.0 Å². The number of rotatable bonds is 12. The molecular weight excluding hydrogens is 555 g/mol. The molecule has 2 aromatic rings. The smallest absolute Gasteiger partial charge is 0.278 e. The van der Waals surface area contributed by atoms with Crippen molar-refractivity contribution in [3.63, 3.8) is 0 Å². The topological polar surface area (TPSA) is 220 Å². The van der Waals surface area contributed by atoms with Gasteiger partial charge in [0.05, 0.1) is 25.8 Å². The number of anilines is 1. The van der Waals surface area contributed by atoms with Gasteiger partial charge in [0, 0.05) is 17.3 Å². The summed E-state index contributed by atoms with van der Waals surface area (Å²) in [5.41, 5.74) is 11.8. The molecule has 1 unspecified atom stereocenters. The van der Waals surface area contributed by atoms with Crippen molar-refractivity contribution < 1.29 is 28.1 Å². The number of alkyl halides is 1. The molecule has 4 rings (SSSR count). The normalized spacial score (nSPS) is 20.9. The molecule has 39 heavy (non-hydrogen) atoms. The first kappa shape index (κ1) is 28.0. The number of quaternary nitrogens is 1. The van der Waals surface area contributed by atoms with Gasteiger partial charge in [-0.05, 0) is 23.8 Å². The van der Waals surface area contributed by atoms with E-state index in [4.69, 9.17) is 11.5 Å². The molecule has 6 N–H and O–H groups in total. The Labute approximate surface area is 229 Å². The lowest BCUT2D eigenvalue weighted by Gasteiger charge is -2.49. The number of thioether (sulfide) groups is 1. The van der Waals surface area contributed by atoms with Crippen molar-refractivity contribution >= 4 is 57.6 Å². The molecule has 2 aromatic heterocycles. The third kappa shape index (κ3) is 6.04. The number of hydrogen-bond donors (Lipinski definition) is 4. The number of aromatic nitrogens is 6. The molecule has 19 heteroatoms. The minimum Gasteiger partial charge on any atom is -0.374 e.